The van der Waals surface area contributed by atoms with Crippen LogP contribution in [0.25, 0.3) is 0 Å². The lowest BCUT2D eigenvalue weighted by atomic mass is 9.79. The van der Waals surface area contributed by atoms with Gasteiger partial charge in [-0.1, -0.05) is 13.0 Å². The van der Waals surface area contributed by atoms with Crippen LogP contribution >= 0.6 is 7.82 Å². The van der Waals surface area contributed by atoms with E-state index in [2.05, 4.69) is 19.6 Å². The summed E-state index contributed by atoms with van der Waals surface area (Å²) in [4.78, 5) is 36.7. The molecule has 218 valence electrons. The molecule has 0 fully saturated rings. The first kappa shape index (κ1) is 31.1. The maximum atomic E-state index is 14.9. The lowest BCUT2D eigenvalue weighted by Gasteiger charge is -2.32. The highest BCUT2D eigenvalue weighted by Gasteiger charge is 2.43. The average Bonchev–Trinajstić information content (AvgIpc) is 3.33. The van der Waals surface area contributed by atoms with E-state index in [1.54, 1.807) is 0 Å². The lowest BCUT2D eigenvalue weighted by molar-refractivity contribution is -0.754. The van der Waals surface area contributed by atoms with Gasteiger partial charge in [-0.2, -0.15) is 4.57 Å². The molecule has 2 aromatic heterocycles. The first-order valence-corrected chi connectivity index (χ1v) is 13.4. The summed E-state index contributed by atoms with van der Waals surface area (Å²) in [6.45, 7) is 2.18. The van der Waals surface area contributed by atoms with Crippen LogP contribution in [-0.2, 0) is 30.7 Å². The van der Waals surface area contributed by atoms with Gasteiger partial charge in [-0.3, -0.25) is 4.52 Å². The number of hydrogen-bond donors (Lipinski definition) is 3. The zero-order valence-electron chi connectivity index (χ0n) is 21.4. The van der Waals surface area contributed by atoms with E-state index in [1.807, 2.05) is 0 Å². The SMILES string of the molecule is CC(OC(=O)OCCCCOP(=O)(O)O)[n+]1cnn(CC(O)(c2ccc(F)cc2F)[C@@H](C)c2ncncc2F)c1. The van der Waals surface area contributed by atoms with Crippen LogP contribution in [0, 0.1) is 17.5 Å². The number of carbonyl (C=O) groups is 1. The van der Waals surface area contributed by atoms with E-state index in [9.17, 15) is 27.6 Å². The van der Waals surface area contributed by atoms with Crippen molar-refractivity contribution in [1.82, 2.24) is 19.7 Å². The monoisotopic (exact) mass is 590 g/mol. The summed E-state index contributed by atoms with van der Waals surface area (Å²) in [6.07, 6.45) is 3.10. The molecular formula is C23H28F3N5O8P+. The average molecular weight is 590 g/mol. The van der Waals surface area contributed by atoms with Gasteiger partial charge in [0.1, 0.15) is 30.1 Å². The Morgan fingerprint density at radius 3 is 2.58 bits per heavy atom. The van der Waals surface area contributed by atoms with Crippen LogP contribution in [0.15, 0.2) is 43.4 Å². The van der Waals surface area contributed by atoms with Gasteiger partial charge in [0.2, 0.25) is 12.6 Å². The molecule has 3 N–H and O–H groups in total. The van der Waals surface area contributed by atoms with Crippen molar-refractivity contribution in [2.24, 2.45) is 0 Å². The van der Waals surface area contributed by atoms with E-state index in [1.165, 1.54) is 35.8 Å². The molecule has 0 amide bonds. The molecule has 3 atom stereocenters. The Balaban J connectivity index is 1.69. The van der Waals surface area contributed by atoms with Gasteiger partial charge in [0.25, 0.3) is 6.33 Å². The summed E-state index contributed by atoms with van der Waals surface area (Å²) in [5, 5.41) is 15.8. The van der Waals surface area contributed by atoms with Gasteiger partial charge < -0.3 is 24.4 Å². The van der Waals surface area contributed by atoms with Crippen LogP contribution in [0.5, 0.6) is 0 Å². The molecule has 40 heavy (non-hydrogen) atoms. The number of rotatable bonds is 13. The maximum Gasteiger partial charge on any atom is 0.511 e. The van der Waals surface area contributed by atoms with E-state index >= 15 is 0 Å². The molecule has 2 unspecified atom stereocenters. The minimum absolute atomic E-state index is 0.0895. The topological polar surface area (TPSA) is 170 Å². The van der Waals surface area contributed by atoms with E-state index in [4.69, 9.17) is 19.3 Å². The summed E-state index contributed by atoms with van der Waals surface area (Å²) in [5.41, 5.74) is -2.68. The minimum atomic E-state index is -4.56. The molecule has 0 bridgehead atoms. The highest BCUT2D eigenvalue weighted by Crippen LogP contribution is 2.39. The summed E-state index contributed by atoms with van der Waals surface area (Å²) >= 11 is 0. The van der Waals surface area contributed by atoms with Crippen molar-refractivity contribution in [2.75, 3.05) is 13.2 Å². The number of benzene rings is 1. The number of phosphoric acid groups is 1. The Morgan fingerprint density at radius 1 is 1.18 bits per heavy atom. The Bertz CT molecular complexity index is 1360. The fourth-order valence-electron chi connectivity index (χ4n) is 3.80. The first-order valence-electron chi connectivity index (χ1n) is 11.9. The Morgan fingerprint density at radius 2 is 1.90 bits per heavy atom. The Kier molecular flexibility index (Phi) is 10.3. The molecule has 1 aromatic carbocycles. The van der Waals surface area contributed by atoms with Gasteiger partial charge in [0.15, 0.2) is 5.82 Å². The number of aliphatic hydroxyl groups is 1. The third-order valence-corrected chi connectivity index (χ3v) is 6.45. The molecule has 3 aromatic rings. The number of carbonyl (C=O) groups excluding carboxylic acids is 1. The zero-order chi connectivity index (χ0) is 29.5. The molecule has 3 rings (SSSR count). The van der Waals surface area contributed by atoms with Crippen LogP contribution < -0.4 is 4.57 Å². The number of phosphoric ester groups is 1. The maximum absolute atomic E-state index is 14.9. The van der Waals surface area contributed by atoms with Gasteiger partial charge >= 0.3 is 14.0 Å². The number of aromatic nitrogens is 5. The zero-order valence-corrected chi connectivity index (χ0v) is 22.3. The lowest BCUT2D eigenvalue weighted by Crippen LogP contribution is -2.41. The van der Waals surface area contributed by atoms with E-state index in [0.29, 0.717) is 6.07 Å². The summed E-state index contributed by atoms with van der Waals surface area (Å²) in [5.74, 6) is -3.91. The number of unbranched alkanes of at least 4 members (excludes halogenated alkanes) is 1. The minimum Gasteiger partial charge on any atom is -0.434 e. The molecule has 0 radical (unpaired) electrons. The normalized spacial score (nSPS) is 14.8. The largest absolute Gasteiger partial charge is 0.511 e. The van der Waals surface area contributed by atoms with Crippen molar-refractivity contribution in [2.45, 2.75) is 51.0 Å². The fourth-order valence-corrected chi connectivity index (χ4v) is 4.16. The third kappa shape index (κ3) is 8.29. The van der Waals surface area contributed by atoms with Crippen molar-refractivity contribution < 1.29 is 56.0 Å². The second kappa shape index (κ2) is 13.3. The van der Waals surface area contributed by atoms with Gasteiger partial charge in [0, 0.05) is 29.6 Å². The van der Waals surface area contributed by atoms with Crippen molar-refractivity contribution in [3.8, 4) is 0 Å². The molecular weight excluding hydrogens is 562 g/mol. The van der Waals surface area contributed by atoms with Crippen LogP contribution in [0.2, 0.25) is 0 Å². The van der Waals surface area contributed by atoms with E-state index in [0.717, 1.165) is 24.7 Å². The molecule has 2 heterocycles. The van der Waals surface area contributed by atoms with E-state index < -0.39 is 55.7 Å². The number of ether oxygens (including phenoxy) is 2. The Labute approximate surface area is 226 Å². The van der Waals surface area contributed by atoms with Crippen molar-refractivity contribution in [3.05, 3.63) is 72.1 Å². The summed E-state index contributed by atoms with van der Waals surface area (Å²) in [7, 11) is -4.56. The Hall–Kier alpha value is -3.43. The molecule has 0 spiro atoms. The van der Waals surface area contributed by atoms with Crippen LogP contribution in [0.1, 0.15) is 50.1 Å². The number of halogens is 3. The van der Waals surface area contributed by atoms with Crippen molar-refractivity contribution in [1.29, 1.82) is 0 Å². The van der Waals surface area contributed by atoms with Crippen LogP contribution in [0.3, 0.4) is 0 Å². The standard InChI is InChI=1S/C23H27F3N5O8P/c1-15(21-20(26)10-27-12-28-21)23(33,18-6-5-17(24)9-19(18)25)11-31-14-30(13-29-31)16(2)39-22(32)37-7-3-4-8-38-40(34,35)36/h5-6,9-10,12-16,33H,3-4,7-8,11H2,1-2H3,(H-,34,35,36)/p+1/t15-,16?,23?/m0/s1. The molecule has 0 aliphatic heterocycles. The predicted molar refractivity (Wildman–Crippen MR) is 127 cm³/mol. The third-order valence-electron chi connectivity index (χ3n) is 5.93. The summed E-state index contributed by atoms with van der Waals surface area (Å²) in [6, 6.07) is 2.61. The van der Waals surface area contributed by atoms with Gasteiger partial charge in [-0.25, -0.2) is 32.5 Å². The molecule has 0 saturated heterocycles. The van der Waals surface area contributed by atoms with Crippen molar-refractivity contribution in [3.63, 3.8) is 0 Å². The number of hydrogen-bond acceptors (Lipinski definition) is 9. The van der Waals surface area contributed by atoms with Crippen molar-refractivity contribution >= 4 is 14.0 Å². The highest BCUT2D eigenvalue weighted by molar-refractivity contribution is 7.46. The molecule has 17 heteroatoms. The fraction of sp³-hybridized carbons (Fsp3) is 0.435. The smallest absolute Gasteiger partial charge is 0.434 e. The molecule has 13 nitrogen and oxygen atoms in total. The summed E-state index contributed by atoms with van der Waals surface area (Å²) < 4.78 is 70.5. The second-order valence-corrected chi connectivity index (χ2v) is 10.0. The molecule has 0 saturated carbocycles. The van der Waals surface area contributed by atoms with Crippen LogP contribution in [-0.4, -0.2) is 54.0 Å². The number of nitrogens with zero attached hydrogens (tertiary/aromatic N) is 5. The molecule has 0 aliphatic rings. The highest BCUT2D eigenvalue weighted by atomic mass is 31.2. The van der Waals surface area contributed by atoms with E-state index in [-0.39, 0.29) is 37.3 Å². The van der Waals surface area contributed by atoms with Gasteiger partial charge in [-0.05, 0) is 18.9 Å². The van der Waals surface area contributed by atoms with Gasteiger partial charge in [0.05, 0.1) is 25.1 Å². The molecule has 0 aliphatic carbocycles. The second-order valence-electron chi connectivity index (χ2n) is 8.76. The van der Waals surface area contributed by atoms with Gasteiger partial charge in [-0.15, -0.1) is 4.68 Å². The quantitative estimate of drug-likeness (QED) is 0.116. The first-order chi connectivity index (χ1) is 18.8. The van der Waals surface area contributed by atoms with Crippen LogP contribution in [0.4, 0.5) is 18.0 Å². The predicted octanol–water partition coefficient (Wildman–Crippen LogP) is 2.63.